The van der Waals surface area contributed by atoms with E-state index in [1.807, 2.05) is 30.3 Å². The van der Waals surface area contributed by atoms with Gasteiger partial charge in [0.05, 0.1) is 25.2 Å². The number of morpholine rings is 1. The van der Waals surface area contributed by atoms with Crippen LogP contribution in [0.25, 0.3) is 0 Å². The number of amides is 1. The Labute approximate surface area is 147 Å². The van der Waals surface area contributed by atoms with E-state index < -0.39 is 6.04 Å². The minimum absolute atomic E-state index is 0.127. The minimum atomic E-state index is -0.410. The lowest BCUT2D eigenvalue weighted by Gasteiger charge is -2.25. The van der Waals surface area contributed by atoms with Gasteiger partial charge in [-0.2, -0.15) is 0 Å². The van der Waals surface area contributed by atoms with Crippen LogP contribution in [0.1, 0.15) is 23.6 Å². The Morgan fingerprint density at radius 2 is 1.96 bits per heavy atom. The van der Waals surface area contributed by atoms with E-state index in [2.05, 4.69) is 10.6 Å². The largest absolute Gasteiger partial charge is 0.375 e. The molecule has 2 N–H and O–H groups in total. The minimum Gasteiger partial charge on any atom is -0.375 e. The smallest absolute Gasteiger partial charge is 0.223 e. The monoisotopic (exact) mass is 342 g/mol. The van der Waals surface area contributed by atoms with Gasteiger partial charge in [0.15, 0.2) is 0 Å². The highest BCUT2D eigenvalue weighted by atomic mass is 19.1. The molecule has 0 saturated carbocycles. The van der Waals surface area contributed by atoms with Crippen LogP contribution < -0.4 is 10.6 Å². The van der Waals surface area contributed by atoms with Crippen molar-refractivity contribution in [2.45, 2.75) is 25.0 Å². The topological polar surface area (TPSA) is 50.4 Å². The third-order valence-electron chi connectivity index (χ3n) is 4.32. The zero-order valence-corrected chi connectivity index (χ0v) is 14.1. The van der Waals surface area contributed by atoms with E-state index in [1.54, 1.807) is 18.2 Å². The predicted molar refractivity (Wildman–Crippen MR) is 94.7 cm³/mol. The maximum Gasteiger partial charge on any atom is 0.223 e. The van der Waals surface area contributed by atoms with Gasteiger partial charge in [0.25, 0.3) is 0 Å². The molecule has 1 fully saturated rings. The third-order valence-corrected chi connectivity index (χ3v) is 4.32. The molecule has 0 spiro atoms. The summed E-state index contributed by atoms with van der Waals surface area (Å²) in [5, 5.41) is 6.19. The van der Waals surface area contributed by atoms with Crippen molar-refractivity contribution in [1.82, 2.24) is 10.6 Å². The number of carbonyl (C=O) groups is 1. The van der Waals surface area contributed by atoms with E-state index in [1.165, 1.54) is 6.07 Å². The summed E-state index contributed by atoms with van der Waals surface area (Å²) in [5.74, 6) is -0.433. The zero-order valence-electron chi connectivity index (χ0n) is 14.1. The number of rotatable bonds is 6. The van der Waals surface area contributed by atoms with Gasteiger partial charge in [0, 0.05) is 18.7 Å². The molecule has 0 aliphatic carbocycles. The van der Waals surface area contributed by atoms with Crippen LogP contribution >= 0.6 is 0 Å². The fourth-order valence-corrected chi connectivity index (χ4v) is 3.06. The van der Waals surface area contributed by atoms with Crippen molar-refractivity contribution < 1.29 is 13.9 Å². The van der Waals surface area contributed by atoms with Gasteiger partial charge in [0.1, 0.15) is 5.82 Å². The Kier molecular flexibility index (Phi) is 6.14. The first-order valence-electron chi connectivity index (χ1n) is 8.62. The molecule has 1 saturated heterocycles. The number of benzene rings is 2. The van der Waals surface area contributed by atoms with Gasteiger partial charge in [-0.3, -0.25) is 4.79 Å². The van der Waals surface area contributed by atoms with Gasteiger partial charge >= 0.3 is 0 Å². The van der Waals surface area contributed by atoms with Crippen LogP contribution in [-0.2, 0) is 16.0 Å². The van der Waals surface area contributed by atoms with Gasteiger partial charge in [-0.15, -0.1) is 0 Å². The second kappa shape index (κ2) is 8.74. The average Bonchev–Trinajstić information content (AvgIpc) is 2.63. The molecule has 5 heteroatoms. The Morgan fingerprint density at radius 3 is 2.68 bits per heavy atom. The molecule has 2 atom stereocenters. The molecule has 2 aromatic rings. The molecule has 3 rings (SSSR count). The third kappa shape index (κ3) is 5.11. The molecular weight excluding hydrogens is 319 g/mol. The highest BCUT2D eigenvalue weighted by Gasteiger charge is 2.22. The molecule has 132 valence electrons. The van der Waals surface area contributed by atoms with Gasteiger partial charge in [-0.1, -0.05) is 48.5 Å². The first kappa shape index (κ1) is 17.6. The van der Waals surface area contributed by atoms with Gasteiger partial charge in [0.2, 0.25) is 5.91 Å². The Morgan fingerprint density at radius 1 is 1.20 bits per heavy atom. The lowest BCUT2D eigenvalue weighted by molar-refractivity contribution is -0.125. The van der Waals surface area contributed by atoms with Gasteiger partial charge in [-0.05, 0) is 18.1 Å². The van der Waals surface area contributed by atoms with Gasteiger partial charge < -0.3 is 15.4 Å². The molecule has 0 bridgehead atoms. The molecular formula is C20H23FN2O2. The van der Waals surface area contributed by atoms with E-state index in [0.717, 1.165) is 12.1 Å². The number of halogens is 1. The van der Waals surface area contributed by atoms with E-state index in [-0.39, 0.29) is 24.2 Å². The molecule has 1 aliphatic rings. The Hall–Kier alpha value is -2.24. The maximum atomic E-state index is 14.3. The molecule has 25 heavy (non-hydrogen) atoms. The number of nitrogens with one attached hydrogen (secondary N) is 2. The quantitative estimate of drug-likeness (QED) is 0.848. The predicted octanol–water partition coefficient (Wildman–Crippen LogP) is 2.60. The second-order valence-corrected chi connectivity index (χ2v) is 6.23. The Balaban J connectivity index is 1.71. The van der Waals surface area contributed by atoms with E-state index in [9.17, 15) is 9.18 Å². The van der Waals surface area contributed by atoms with Crippen LogP contribution in [-0.4, -0.2) is 31.7 Å². The summed E-state index contributed by atoms with van der Waals surface area (Å²) in [6, 6.07) is 16.0. The van der Waals surface area contributed by atoms with Crippen LogP contribution in [0, 0.1) is 5.82 Å². The summed E-state index contributed by atoms with van der Waals surface area (Å²) in [7, 11) is 0. The van der Waals surface area contributed by atoms with E-state index in [4.69, 9.17) is 4.74 Å². The summed E-state index contributed by atoms with van der Waals surface area (Å²) in [6.45, 7) is 2.08. The van der Waals surface area contributed by atoms with Crippen molar-refractivity contribution in [3.8, 4) is 0 Å². The maximum absolute atomic E-state index is 14.3. The number of hydrogen-bond acceptors (Lipinski definition) is 3. The molecule has 0 radical (unpaired) electrons. The van der Waals surface area contributed by atoms with Crippen molar-refractivity contribution in [2.75, 3.05) is 19.7 Å². The molecule has 1 heterocycles. The van der Waals surface area contributed by atoms with Crippen LogP contribution in [0.2, 0.25) is 0 Å². The van der Waals surface area contributed by atoms with Crippen LogP contribution in [0.5, 0.6) is 0 Å². The van der Waals surface area contributed by atoms with Crippen LogP contribution in [0.15, 0.2) is 54.6 Å². The Bertz CT molecular complexity index is 687. The molecule has 4 nitrogen and oxygen atoms in total. The van der Waals surface area contributed by atoms with Gasteiger partial charge in [-0.25, -0.2) is 4.39 Å². The van der Waals surface area contributed by atoms with E-state index in [0.29, 0.717) is 25.1 Å². The summed E-state index contributed by atoms with van der Waals surface area (Å²) < 4.78 is 19.8. The lowest BCUT2D eigenvalue weighted by atomic mass is 9.98. The SMILES string of the molecule is O=C(CC1CNCCO1)NC(Cc1ccccc1)c1ccccc1F. The first-order chi connectivity index (χ1) is 12.2. The fourth-order valence-electron chi connectivity index (χ4n) is 3.06. The lowest BCUT2D eigenvalue weighted by Crippen LogP contribution is -2.42. The second-order valence-electron chi connectivity index (χ2n) is 6.23. The summed E-state index contributed by atoms with van der Waals surface area (Å²) >= 11 is 0. The summed E-state index contributed by atoms with van der Waals surface area (Å²) in [5.41, 5.74) is 1.55. The highest BCUT2D eigenvalue weighted by molar-refractivity contribution is 5.77. The number of hydrogen-bond donors (Lipinski definition) is 2. The molecule has 1 amide bonds. The average molecular weight is 342 g/mol. The van der Waals surface area contributed by atoms with E-state index >= 15 is 0 Å². The van der Waals surface area contributed by atoms with Crippen molar-refractivity contribution in [3.05, 3.63) is 71.5 Å². The first-order valence-corrected chi connectivity index (χ1v) is 8.62. The molecule has 1 aliphatic heterocycles. The van der Waals surface area contributed by atoms with Crippen LogP contribution in [0.4, 0.5) is 4.39 Å². The summed E-state index contributed by atoms with van der Waals surface area (Å²) in [6.07, 6.45) is 0.677. The van der Waals surface area contributed by atoms with Crippen molar-refractivity contribution in [1.29, 1.82) is 0 Å². The highest BCUT2D eigenvalue weighted by Crippen LogP contribution is 2.21. The summed E-state index contributed by atoms with van der Waals surface area (Å²) in [4.78, 5) is 12.5. The van der Waals surface area contributed by atoms with Crippen molar-refractivity contribution in [3.63, 3.8) is 0 Å². The van der Waals surface area contributed by atoms with Crippen LogP contribution in [0.3, 0.4) is 0 Å². The molecule has 2 aromatic carbocycles. The number of carbonyl (C=O) groups excluding carboxylic acids is 1. The molecule has 2 unspecified atom stereocenters. The van der Waals surface area contributed by atoms with Crippen molar-refractivity contribution in [2.24, 2.45) is 0 Å². The fraction of sp³-hybridized carbons (Fsp3) is 0.350. The standard InChI is InChI=1S/C20H23FN2O2/c21-18-9-5-4-8-17(18)19(12-15-6-2-1-3-7-15)23-20(24)13-16-14-22-10-11-25-16/h1-9,16,19,22H,10-14H2,(H,23,24). The molecule has 0 aromatic heterocycles. The number of ether oxygens (including phenoxy) is 1. The van der Waals surface area contributed by atoms with Crippen molar-refractivity contribution >= 4 is 5.91 Å². The zero-order chi connectivity index (χ0) is 17.5. The normalized spacial score (nSPS) is 18.5.